The molecule has 1 atom stereocenters. The van der Waals surface area contributed by atoms with Crippen LogP contribution in [-0.4, -0.2) is 62.1 Å². The van der Waals surface area contributed by atoms with Crippen molar-refractivity contribution in [1.82, 2.24) is 29.9 Å². The molecule has 8 heteroatoms. The van der Waals surface area contributed by atoms with E-state index in [9.17, 15) is 4.39 Å². The largest absolute Gasteiger partial charge is 0.351 e. The first-order chi connectivity index (χ1) is 11.7. The Morgan fingerprint density at radius 2 is 2.12 bits per heavy atom. The minimum absolute atomic E-state index is 0.323. The standard InChI is InChI=1S/C16H18FN7/c1-10-7-12(17)14-13(8-10)24-16(19-20-21-24)15(18-14)23-6-5-22-4-2-3-11(22)9-23/h7-8,11H,2-6,9H2,1H3. The number of anilines is 1. The average Bonchev–Trinajstić information content (AvgIpc) is 3.22. The lowest BCUT2D eigenvalue weighted by atomic mass is 10.1. The number of nitrogens with zero attached hydrogens (tertiary/aromatic N) is 7. The first kappa shape index (κ1) is 14.0. The van der Waals surface area contributed by atoms with Gasteiger partial charge in [0.05, 0.1) is 5.52 Å². The zero-order valence-corrected chi connectivity index (χ0v) is 13.5. The highest BCUT2D eigenvalue weighted by Crippen LogP contribution is 2.29. The second-order valence-electron chi connectivity index (χ2n) is 6.74. The molecule has 24 heavy (non-hydrogen) atoms. The Hall–Kier alpha value is -2.35. The van der Waals surface area contributed by atoms with Gasteiger partial charge < -0.3 is 4.90 Å². The summed E-state index contributed by atoms with van der Waals surface area (Å²) in [6.45, 7) is 5.80. The van der Waals surface area contributed by atoms with Gasteiger partial charge >= 0.3 is 0 Å². The van der Waals surface area contributed by atoms with Crippen LogP contribution in [0.1, 0.15) is 18.4 Å². The first-order valence-electron chi connectivity index (χ1n) is 8.37. The molecule has 0 N–H and O–H groups in total. The molecule has 0 bridgehead atoms. The van der Waals surface area contributed by atoms with Crippen molar-refractivity contribution in [2.24, 2.45) is 0 Å². The van der Waals surface area contributed by atoms with E-state index in [4.69, 9.17) is 0 Å². The number of piperazine rings is 1. The summed E-state index contributed by atoms with van der Waals surface area (Å²) in [5, 5.41) is 12.0. The summed E-state index contributed by atoms with van der Waals surface area (Å²) in [4.78, 5) is 9.36. The van der Waals surface area contributed by atoms with Crippen molar-refractivity contribution in [1.29, 1.82) is 0 Å². The van der Waals surface area contributed by atoms with Crippen LogP contribution in [0, 0.1) is 12.7 Å². The molecule has 1 aromatic carbocycles. The highest BCUT2D eigenvalue weighted by atomic mass is 19.1. The van der Waals surface area contributed by atoms with E-state index in [1.54, 1.807) is 4.52 Å². The second-order valence-corrected chi connectivity index (χ2v) is 6.74. The maximum absolute atomic E-state index is 14.5. The Labute approximate surface area is 138 Å². The molecule has 4 heterocycles. The molecule has 1 unspecified atom stereocenters. The van der Waals surface area contributed by atoms with Crippen LogP contribution in [0.4, 0.5) is 10.2 Å². The number of aromatic nitrogens is 5. The summed E-state index contributed by atoms with van der Waals surface area (Å²) < 4.78 is 16.1. The van der Waals surface area contributed by atoms with Crippen molar-refractivity contribution in [2.45, 2.75) is 25.8 Å². The van der Waals surface area contributed by atoms with Gasteiger partial charge in [0.15, 0.2) is 11.6 Å². The molecule has 7 nitrogen and oxygen atoms in total. The number of hydrogen-bond donors (Lipinski definition) is 0. The molecule has 0 saturated carbocycles. The van der Waals surface area contributed by atoms with Crippen LogP contribution in [0.3, 0.4) is 0 Å². The summed E-state index contributed by atoms with van der Waals surface area (Å²) in [6, 6.07) is 3.92. The lowest BCUT2D eigenvalue weighted by Crippen LogP contribution is -2.50. The van der Waals surface area contributed by atoms with E-state index in [1.165, 1.54) is 25.5 Å². The van der Waals surface area contributed by atoms with Gasteiger partial charge in [-0.15, -0.1) is 5.10 Å². The van der Waals surface area contributed by atoms with Gasteiger partial charge in [-0.1, -0.05) is 0 Å². The summed E-state index contributed by atoms with van der Waals surface area (Å²) in [7, 11) is 0. The molecule has 124 valence electrons. The third-order valence-electron chi connectivity index (χ3n) is 5.19. The van der Waals surface area contributed by atoms with Crippen LogP contribution in [0.2, 0.25) is 0 Å². The van der Waals surface area contributed by atoms with Crippen LogP contribution < -0.4 is 4.90 Å². The minimum Gasteiger partial charge on any atom is -0.351 e. The first-order valence-corrected chi connectivity index (χ1v) is 8.37. The zero-order valence-electron chi connectivity index (χ0n) is 13.5. The molecular formula is C16H18FN7. The fourth-order valence-electron chi connectivity index (χ4n) is 4.03. The molecule has 5 rings (SSSR count). The van der Waals surface area contributed by atoms with Crippen LogP contribution in [0.5, 0.6) is 0 Å². The molecule has 2 saturated heterocycles. The van der Waals surface area contributed by atoms with Crippen LogP contribution >= 0.6 is 0 Å². The van der Waals surface area contributed by atoms with Gasteiger partial charge in [0.1, 0.15) is 5.52 Å². The van der Waals surface area contributed by atoms with Crippen LogP contribution in [0.15, 0.2) is 12.1 Å². The predicted molar refractivity (Wildman–Crippen MR) is 87.6 cm³/mol. The Balaban J connectivity index is 1.68. The molecule has 0 spiro atoms. The summed E-state index contributed by atoms with van der Waals surface area (Å²) in [5.74, 6) is 0.352. The second kappa shape index (κ2) is 5.07. The Morgan fingerprint density at radius 1 is 1.21 bits per heavy atom. The van der Waals surface area contributed by atoms with Crippen molar-refractivity contribution >= 4 is 22.5 Å². The Kier molecular flexibility index (Phi) is 2.97. The molecule has 2 aliphatic heterocycles. The van der Waals surface area contributed by atoms with E-state index in [1.807, 2.05) is 13.0 Å². The smallest absolute Gasteiger partial charge is 0.222 e. The Bertz CT molecular complexity index is 937. The summed E-state index contributed by atoms with van der Waals surface area (Å²) in [6.07, 6.45) is 2.46. The van der Waals surface area contributed by atoms with Crippen molar-refractivity contribution in [3.63, 3.8) is 0 Å². The van der Waals surface area contributed by atoms with Gasteiger partial charge in [-0.3, -0.25) is 4.90 Å². The van der Waals surface area contributed by atoms with E-state index >= 15 is 0 Å². The SMILES string of the molecule is Cc1cc(F)c2nc(N3CCN4CCCC4C3)c3nnnn3c2c1. The van der Waals surface area contributed by atoms with E-state index < -0.39 is 0 Å². The lowest BCUT2D eigenvalue weighted by Gasteiger charge is -2.38. The van der Waals surface area contributed by atoms with E-state index in [-0.39, 0.29) is 5.82 Å². The fraction of sp³-hybridized carbons (Fsp3) is 0.500. The molecule has 2 aliphatic rings. The molecule has 2 fully saturated rings. The summed E-state index contributed by atoms with van der Waals surface area (Å²) >= 11 is 0. The molecule has 0 radical (unpaired) electrons. The summed E-state index contributed by atoms with van der Waals surface area (Å²) in [5.41, 5.74) is 2.35. The molecular weight excluding hydrogens is 309 g/mol. The maximum atomic E-state index is 14.5. The van der Waals surface area contributed by atoms with Crippen molar-refractivity contribution in [2.75, 3.05) is 31.1 Å². The molecule has 2 aromatic heterocycles. The quantitative estimate of drug-likeness (QED) is 0.673. The van der Waals surface area contributed by atoms with Crippen LogP contribution in [0.25, 0.3) is 16.7 Å². The van der Waals surface area contributed by atoms with Crippen LogP contribution in [-0.2, 0) is 0 Å². The van der Waals surface area contributed by atoms with Gasteiger partial charge in [0, 0.05) is 25.7 Å². The van der Waals surface area contributed by atoms with E-state index in [0.29, 0.717) is 28.5 Å². The molecule has 0 amide bonds. The van der Waals surface area contributed by atoms with Gasteiger partial charge in [0.25, 0.3) is 0 Å². The van der Waals surface area contributed by atoms with Crippen molar-refractivity contribution in [3.05, 3.63) is 23.5 Å². The zero-order chi connectivity index (χ0) is 16.3. The third kappa shape index (κ3) is 1.99. The number of rotatable bonds is 1. The highest BCUT2D eigenvalue weighted by molar-refractivity contribution is 5.83. The van der Waals surface area contributed by atoms with Gasteiger partial charge in [-0.2, -0.15) is 4.52 Å². The number of hydrogen-bond acceptors (Lipinski definition) is 6. The van der Waals surface area contributed by atoms with Crippen molar-refractivity contribution < 1.29 is 4.39 Å². The minimum atomic E-state index is -0.330. The van der Waals surface area contributed by atoms with Gasteiger partial charge in [-0.25, -0.2) is 9.37 Å². The van der Waals surface area contributed by atoms with Gasteiger partial charge in [0.2, 0.25) is 5.65 Å². The Morgan fingerprint density at radius 3 is 3.04 bits per heavy atom. The van der Waals surface area contributed by atoms with Gasteiger partial charge in [-0.05, 0) is 54.4 Å². The lowest BCUT2D eigenvalue weighted by molar-refractivity contribution is 0.230. The number of tetrazole rings is 1. The third-order valence-corrected chi connectivity index (χ3v) is 5.19. The number of aryl methyl sites for hydroxylation is 1. The van der Waals surface area contributed by atoms with E-state index in [0.717, 1.165) is 25.2 Å². The molecule has 0 aliphatic carbocycles. The monoisotopic (exact) mass is 327 g/mol. The van der Waals surface area contributed by atoms with Crippen molar-refractivity contribution in [3.8, 4) is 0 Å². The number of halogens is 1. The van der Waals surface area contributed by atoms with E-state index in [2.05, 4.69) is 30.3 Å². The highest BCUT2D eigenvalue weighted by Gasteiger charge is 2.32. The normalized spacial score (nSPS) is 21.8. The average molecular weight is 327 g/mol. The number of fused-ring (bicyclic) bond motifs is 4. The predicted octanol–water partition coefficient (Wildman–Crippen LogP) is 1.40. The number of benzene rings is 1. The fourth-order valence-corrected chi connectivity index (χ4v) is 4.03. The topological polar surface area (TPSA) is 62.5 Å². The molecule has 3 aromatic rings. The maximum Gasteiger partial charge on any atom is 0.222 e.